The Bertz CT molecular complexity index is 707. The molecular formula is C15H20N4O2. The monoisotopic (exact) mass is 288 g/mol. The first-order valence-electron chi connectivity index (χ1n) is 7.25. The SMILES string of the molecule is Cc1cc(C(=O)N2CCCC(O)C2)c2c(C)nn(C)c2n1. The van der Waals surface area contributed by atoms with Crippen molar-refractivity contribution in [2.75, 3.05) is 13.1 Å². The Labute approximate surface area is 123 Å². The van der Waals surface area contributed by atoms with Crippen LogP contribution in [-0.2, 0) is 7.05 Å². The summed E-state index contributed by atoms with van der Waals surface area (Å²) in [5, 5.41) is 15.0. The molecule has 6 nitrogen and oxygen atoms in total. The molecule has 0 aliphatic carbocycles. The van der Waals surface area contributed by atoms with Crippen molar-refractivity contribution in [3.63, 3.8) is 0 Å². The number of likely N-dealkylation sites (tertiary alicyclic amines) is 1. The van der Waals surface area contributed by atoms with Gasteiger partial charge in [0.2, 0.25) is 0 Å². The van der Waals surface area contributed by atoms with E-state index in [9.17, 15) is 9.90 Å². The van der Waals surface area contributed by atoms with Crippen LogP contribution in [0.3, 0.4) is 0 Å². The molecule has 0 radical (unpaired) electrons. The summed E-state index contributed by atoms with van der Waals surface area (Å²) in [6.07, 6.45) is 1.18. The van der Waals surface area contributed by atoms with Gasteiger partial charge in [0.15, 0.2) is 5.65 Å². The predicted octanol–water partition coefficient (Wildman–Crippen LogP) is 1.18. The van der Waals surface area contributed by atoms with Crippen LogP contribution in [0.1, 0.15) is 34.6 Å². The Morgan fingerprint density at radius 3 is 2.90 bits per heavy atom. The first-order chi connectivity index (χ1) is 9.97. The minimum Gasteiger partial charge on any atom is -0.391 e. The number of β-amino-alcohol motifs (C(OH)–C–C–N with tert-alkyl or cyclic N) is 1. The van der Waals surface area contributed by atoms with Crippen LogP contribution < -0.4 is 0 Å². The number of hydrogen-bond donors (Lipinski definition) is 1. The molecule has 0 bridgehead atoms. The predicted molar refractivity (Wildman–Crippen MR) is 79.1 cm³/mol. The van der Waals surface area contributed by atoms with Crippen LogP contribution in [0.2, 0.25) is 0 Å². The lowest BCUT2D eigenvalue weighted by atomic mass is 10.0. The van der Waals surface area contributed by atoms with Crippen LogP contribution in [0.5, 0.6) is 0 Å². The van der Waals surface area contributed by atoms with Gasteiger partial charge in [0.1, 0.15) is 0 Å². The maximum atomic E-state index is 12.8. The number of aliphatic hydroxyl groups is 1. The lowest BCUT2D eigenvalue weighted by molar-refractivity contribution is 0.0475. The standard InChI is InChI=1S/C15H20N4O2/c1-9-7-12(13-10(2)17-18(3)14(13)16-9)15(21)19-6-4-5-11(20)8-19/h7,11,20H,4-6,8H2,1-3H3. The Kier molecular flexibility index (Phi) is 3.41. The second-order valence-electron chi connectivity index (χ2n) is 5.77. The van der Waals surface area contributed by atoms with Crippen molar-refractivity contribution in [1.82, 2.24) is 19.7 Å². The van der Waals surface area contributed by atoms with Gasteiger partial charge in [-0.2, -0.15) is 5.10 Å². The highest BCUT2D eigenvalue weighted by Crippen LogP contribution is 2.24. The van der Waals surface area contributed by atoms with Crippen LogP contribution in [-0.4, -0.2) is 49.9 Å². The molecule has 3 heterocycles. The van der Waals surface area contributed by atoms with Gasteiger partial charge in [0, 0.05) is 25.8 Å². The molecule has 21 heavy (non-hydrogen) atoms. The maximum Gasteiger partial charge on any atom is 0.254 e. The van der Waals surface area contributed by atoms with E-state index < -0.39 is 6.10 Å². The Morgan fingerprint density at radius 2 is 2.19 bits per heavy atom. The molecule has 1 unspecified atom stereocenters. The van der Waals surface area contributed by atoms with Gasteiger partial charge in [0.05, 0.1) is 22.7 Å². The van der Waals surface area contributed by atoms with Crippen LogP contribution >= 0.6 is 0 Å². The number of hydrogen-bond acceptors (Lipinski definition) is 4. The molecular weight excluding hydrogens is 268 g/mol. The Hall–Kier alpha value is -1.95. The second kappa shape index (κ2) is 5.11. The molecule has 1 fully saturated rings. The van der Waals surface area contributed by atoms with E-state index in [1.807, 2.05) is 27.0 Å². The third-order valence-corrected chi connectivity index (χ3v) is 4.01. The molecule has 1 aliphatic rings. The number of amides is 1. The summed E-state index contributed by atoms with van der Waals surface area (Å²) in [4.78, 5) is 19.0. The quantitative estimate of drug-likeness (QED) is 0.855. The van der Waals surface area contributed by atoms with Gasteiger partial charge < -0.3 is 10.0 Å². The van der Waals surface area contributed by atoms with E-state index in [1.54, 1.807) is 9.58 Å². The summed E-state index contributed by atoms with van der Waals surface area (Å²) >= 11 is 0. The number of rotatable bonds is 1. The average molecular weight is 288 g/mol. The average Bonchev–Trinajstić information content (AvgIpc) is 2.72. The van der Waals surface area contributed by atoms with Gasteiger partial charge in [-0.25, -0.2) is 4.98 Å². The summed E-state index contributed by atoms with van der Waals surface area (Å²) < 4.78 is 1.71. The molecule has 0 saturated carbocycles. The summed E-state index contributed by atoms with van der Waals surface area (Å²) in [5.41, 5.74) is 2.97. The topological polar surface area (TPSA) is 71.2 Å². The fourth-order valence-corrected chi connectivity index (χ4v) is 3.05. The summed E-state index contributed by atoms with van der Waals surface area (Å²) in [6, 6.07) is 1.82. The van der Waals surface area contributed by atoms with Gasteiger partial charge >= 0.3 is 0 Å². The number of pyridine rings is 1. The molecule has 6 heteroatoms. The van der Waals surface area contributed by atoms with Gasteiger partial charge in [-0.15, -0.1) is 0 Å². The van der Waals surface area contributed by atoms with E-state index in [-0.39, 0.29) is 5.91 Å². The van der Waals surface area contributed by atoms with Crippen LogP contribution in [0.25, 0.3) is 11.0 Å². The minimum atomic E-state index is -0.420. The Morgan fingerprint density at radius 1 is 1.43 bits per heavy atom. The number of aliphatic hydroxyl groups excluding tert-OH is 1. The highest BCUT2D eigenvalue weighted by Gasteiger charge is 2.26. The molecule has 1 N–H and O–H groups in total. The lowest BCUT2D eigenvalue weighted by Gasteiger charge is -2.30. The zero-order chi connectivity index (χ0) is 15.1. The smallest absolute Gasteiger partial charge is 0.254 e. The van der Waals surface area contributed by atoms with Gasteiger partial charge in [-0.05, 0) is 32.8 Å². The van der Waals surface area contributed by atoms with Crippen molar-refractivity contribution in [3.05, 3.63) is 23.0 Å². The van der Waals surface area contributed by atoms with E-state index in [1.165, 1.54) is 0 Å². The van der Waals surface area contributed by atoms with Crippen molar-refractivity contribution < 1.29 is 9.90 Å². The van der Waals surface area contributed by atoms with E-state index >= 15 is 0 Å². The molecule has 1 aliphatic heterocycles. The first-order valence-corrected chi connectivity index (χ1v) is 7.25. The fraction of sp³-hybridized carbons (Fsp3) is 0.533. The normalized spacial score (nSPS) is 19.2. The van der Waals surface area contributed by atoms with Gasteiger partial charge in [-0.1, -0.05) is 0 Å². The number of fused-ring (bicyclic) bond motifs is 1. The van der Waals surface area contributed by atoms with E-state index in [0.717, 1.165) is 35.3 Å². The van der Waals surface area contributed by atoms with Crippen LogP contribution in [0, 0.1) is 13.8 Å². The number of aryl methyl sites for hydroxylation is 3. The Balaban J connectivity index is 2.09. The number of piperidine rings is 1. The van der Waals surface area contributed by atoms with Crippen molar-refractivity contribution in [2.45, 2.75) is 32.8 Å². The number of carbonyl (C=O) groups is 1. The molecule has 1 saturated heterocycles. The second-order valence-corrected chi connectivity index (χ2v) is 5.77. The third-order valence-electron chi connectivity index (χ3n) is 4.01. The molecule has 2 aromatic rings. The molecule has 0 spiro atoms. The zero-order valence-corrected chi connectivity index (χ0v) is 12.6. The highest BCUT2D eigenvalue weighted by molar-refractivity contribution is 6.06. The van der Waals surface area contributed by atoms with E-state index in [4.69, 9.17) is 0 Å². The van der Waals surface area contributed by atoms with Crippen molar-refractivity contribution in [2.24, 2.45) is 7.05 Å². The van der Waals surface area contributed by atoms with Crippen molar-refractivity contribution in [3.8, 4) is 0 Å². The number of carbonyl (C=O) groups excluding carboxylic acids is 1. The van der Waals surface area contributed by atoms with Gasteiger partial charge in [-0.3, -0.25) is 9.48 Å². The lowest BCUT2D eigenvalue weighted by Crippen LogP contribution is -2.42. The maximum absolute atomic E-state index is 12.8. The number of nitrogens with zero attached hydrogens (tertiary/aromatic N) is 4. The van der Waals surface area contributed by atoms with Crippen LogP contribution in [0.4, 0.5) is 0 Å². The zero-order valence-electron chi connectivity index (χ0n) is 12.6. The summed E-state index contributed by atoms with van der Waals surface area (Å²) in [7, 11) is 1.83. The van der Waals surface area contributed by atoms with Crippen molar-refractivity contribution in [1.29, 1.82) is 0 Å². The number of aromatic nitrogens is 3. The van der Waals surface area contributed by atoms with E-state index in [0.29, 0.717) is 18.7 Å². The summed E-state index contributed by atoms with van der Waals surface area (Å²) in [6.45, 7) is 4.86. The minimum absolute atomic E-state index is 0.0413. The largest absolute Gasteiger partial charge is 0.391 e. The van der Waals surface area contributed by atoms with Crippen LogP contribution in [0.15, 0.2) is 6.07 Å². The third kappa shape index (κ3) is 2.40. The molecule has 3 rings (SSSR count). The first kappa shape index (κ1) is 14.0. The highest BCUT2D eigenvalue weighted by atomic mass is 16.3. The van der Waals surface area contributed by atoms with E-state index in [2.05, 4.69) is 10.1 Å². The molecule has 1 atom stereocenters. The van der Waals surface area contributed by atoms with Crippen molar-refractivity contribution >= 4 is 16.9 Å². The fourth-order valence-electron chi connectivity index (χ4n) is 3.05. The molecule has 2 aromatic heterocycles. The summed E-state index contributed by atoms with van der Waals surface area (Å²) in [5.74, 6) is -0.0413. The molecule has 112 valence electrons. The van der Waals surface area contributed by atoms with Gasteiger partial charge in [0.25, 0.3) is 5.91 Å². The molecule has 0 aromatic carbocycles. The molecule has 1 amide bonds.